The average molecular weight is 296 g/mol. The Hall–Kier alpha value is -1.24. The molecule has 1 aromatic rings. The molecule has 110 valence electrons. The first-order valence-corrected chi connectivity index (χ1v) is 7.77. The van der Waals surface area contributed by atoms with E-state index in [1.807, 2.05) is 11.4 Å². The lowest BCUT2D eigenvalue weighted by Crippen LogP contribution is -2.36. The minimum absolute atomic E-state index is 0.0420. The summed E-state index contributed by atoms with van der Waals surface area (Å²) in [6, 6.07) is 3.59. The molecule has 0 aliphatic carbocycles. The summed E-state index contributed by atoms with van der Waals surface area (Å²) < 4.78 is 0. The molecule has 0 aromatic carbocycles. The van der Waals surface area contributed by atoms with Crippen molar-refractivity contribution in [3.05, 3.63) is 22.4 Å². The highest BCUT2D eigenvalue weighted by atomic mass is 32.1. The van der Waals surface area contributed by atoms with Gasteiger partial charge >= 0.3 is 5.97 Å². The van der Waals surface area contributed by atoms with E-state index in [1.165, 1.54) is 11.3 Å². The molecule has 2 heterocycles. The molecule has 6 heteroatoms. The second-order valence-corrected chi connectivity index (χ2v) is 5.99. The normalized spacial score (nSPS) is 18.4. The van der Waals surface area contributed by atoms with Gasteiger partial charge in [0.1, 0.15) is 0 Å². The summed E-state index contributed by atoms with van der Waals surface area (Å²) in [4.78, 5) is 26.3. The first-order valence-electron chi connectivity index (χ1n) is 6.89. The summed E-state index contributed by atoms with van der Waals surface area (Å²) in [5, 5.41) is 14.2. The highest BCUT2D eigenvalue weighted by molar-refractivity contribution is 7.12. The Kier molecular flexibility index (Phi) is 5.70. The molecule has 1 aliphatic heterocycles. The van der Waals surface area contributed by atoms with Crippen molar-refractivity contribution in [2.75, 3.05) is 32.7 Å². The van der Waals surface area contributed by atoms with Crippen LogP contribution in [0.15, 0.2) is 17.5 Å². The summed E-state index contributed by atoms with van der Waals surface area (Å²) in [6.45, 7) is 4.20. The number of thiophene rings is 1. The van der Waals surface area contributed by atoms with Gasteiger partial charge in [-0.25, -0.2) is 0 Å². The van der Waals surface area contributed by atoms with Gasteiger partial charge < -0.3 is 15.3 Å². The van der Waals surface area contributed by atoms with Crippen LogP contribution in [0.3, 0.4) is 0 Å². The van der Waals surface area contributed by atoms with E-state index in [-0.39, 0.29) is 12.2 Å². The van der Waals surface area contributed by atoms with E-state index < -0.39 is 11.9 Å². The van der Waals surface area contributed by atoms with E-state index in [4.69, 9.17) is 5.11 Å². The number of rotatable bonds is 6. The Morgan fingerprint density at radius 3 is 2.95 bits per heavy atom. The van der Waals surface area contributed by atoms with Crippen molar-refractivity contribution in [2.24, 2.45) is 5.92 Å². The second kappa shape index (κ2) is 7.52. The second-order valence-electron chi connectivity index (χ2n) is 5.04. The standard InChI is InChI=1S/C14H20N2O3S/c17-13(18)9-11(14(19)12-3-1-8-20-12)10-16-6-2-4-15-5-7-16/h1,3,8,11,15H,2,4-7,9-10H2,(H,17,18). The lowest BCUT2D eigenvalue weighted by Gasteiger charge is -2.24. The van der Waals surface area contributed by atoms with Crippen LogP contribution in [-0.2, 0) is 4.79 Å². The van der Waals surface area contributed by atoms with E-state index in [2.05, 4.69) is 10.2 Å². The molecular formula is C14H20N2O3S. The molecule has 1 aliphatic rings. The maximum atomic E-state index is 12.4. The largest absolute Gasteiger partial charge is 0.481 e. The van der Waals surface area contributed by atoms with Crippen LogP contribution in [0.1, 0.15) is 22.5 Å². The average Bonchev–Trinajstić information content (AvgIpc) is 2.82. The molecule has 2 rings (SSSR count). The molecule has 0 spiro atoms. The van der Waals surface area contributed by atoms with Crippen molar-refractivity contribution in [3.63, 3.8) is 0 Å². The van der Waals surface area contributed by atoms with E-state index in [9.17, 15) is 9.59 Å². The van der Waals surface area contributed by atoms with Crippen LogP contribution in [-0.4, -0.2) is 54.5 Å². The Balaban J connectivity index is 2.02. The molecule has 0 amide bonds. The molecule has 0 radical (unpaired) electrons. The van der Waals surface area contributed by atoms with Crippen LogP contribution in [0, 0.1) is 5.92 Å². The number of hydrogen-bond acceptors (Lipinski definition) is 5. The fraction of sp³-hybridized carbons (Fsp3) is 0.571. The Labute approximate surface area is 122 Å². The minimum Gasteiger partial charge on any atom is -0.481 e. The van der Waals surface area contributed by atoms with E-state index in [0.717, 1.165) is 32.6 Å². The molecule has 0 saturated carbocycles. The molecule has 0 bridgehead atoms. The van der Waals surface area contributed by atoms with Crippen molar-refractivity contribution < 1.29 is 14.7 Å². The van der Waals surface area contributed by atoms with Gasteiger partial charge in [-0.15, -0.1) is 11.3 Å². The number of carboxylic acid groups (broad SMARTS) is 1. The van der Waals surface area contributed by atoms with Gasteiger partial charge in [-0.2, -0.15) is 0 Å². The van der Waals surface area contributed by atoms with Gasteiger partial charge in [-0.05, 0) is 31.0 Å². The van der Waals surface area contributed by atoms with Gasteiger partial charge in [0.15, 0.2) is 5.78 Å². The quantitative estimate of drug-likeness (QED) is 0.775. The molecule has 1 fully saturated rings. The zero-order valence-electron chi connectivity index (χ0n) is 11.4. The highest BCUT2D eigenvalue weighted by Crippen LogP contribution is 2.19. The fourth-order valence-corrected chi connectivity index (χ4v) is 3.21. The molecule has 5 nitrogen and oxygen atoms in total. The maximum Gasteiger partial charge on any atom is 0.304 e. The molecular weight excluding hydrogens is 276 g/mol. The van der Waals surface area contributed by atoms with E-state index in [0.29, 0.717) is 11.4 Å². The number of Topliss-reactive ketones (excluding diaryl/α,β-unsaturated/α-hetero) is 1. The third-order valence-electron chi connectivity index (χ3n) is 3.47. The van der Waals surface area contributed by atoms with Crippen LogP contribution in [0.4, 0.5) is 0 Å². The molecule has 1 unspecified atom stereocenters. The zero-order chi connectivity index (χ0) is 14.4. The third kappa shape index (κ3) is 4.40. The lowest BCUT2D eigenvalue weighted by atomic mass is 9.98. The minimum atomic E-state index is -0.909. The predicted octanol–water partition coefficient (Wildman–Crippen LogP) is 1.32. The molecule has 1 aromatic heterocycles. The lowest BCUT2D eigenvalue weighted by molar-refractivity contribution is -0.137. The fourth-order valence-electron chi connectivity index (χ4n) is 2.47. The number of hydrogen-bond donors (Lipinski definition) is 2. The smallest absolute Gasteiger partial charge is 0.304 e. The predicted molar refractivity (Wildman–Crippen MR) is 78.3 cm³/mol. The Morgan fingerprint density at radius 2 is 2.25 bits per heavy atom. The topological polar surface area (TPSA) is 69.6 Å². The zero-order valence-corrected chi connectivity index (χ0v) is 12.2. The third-order valence-corrected chi connectivity index (χ3v) is 4.35. The maximum absolute atomic E-state index is 12.4. The molecule has 20 heavy (non-hydrogen) atoms. The summed E-state index contributed by atoms with van der Waals surface area (Å²) in [6.07, 6.45) is 0.938. The number of carboxylic acids is 1. The number of nitrogens with zero attached hydrogens (tertiary/aromatic N) is 1. The summed E-state index contributed by atoms with van der Waals surface area (Å²) in [5.74, 6) is -1.41. The number of nitrogens with one attached hydrogen (secondary N) is 1. The van der Waals surface area contributed by atoms with Crippen LogP contribution >= 0.6 is 11.3 Å². The van der Waals surface area contributed by atoms with Crippen LogP contribution in [0.5, 0.6) is 0 Å². The number of carbonyl (C=O) groups excluding carboxylic acids is 1. The SMILES string of the molecule is O=C(O)CC(CN1CCCNCC1)C(=O)c1cccs1. The van der Waals surface area contributed by atoms with Gasteiger partial charge in [0.2, 0.25) is 0 Å². The molecule has 1 saturated heterocycles. The van der Waals surface area contributed by atoms with Gasteiger partial charge in [-0.1, -0.05) is 6.07 Å². The highest BCUT2D eigenvalue weighted by Gasteiger charge is 2.26. The summed E-state index contributed by atoms with van der Waals surface area (Å²) in [7, 11) is 0. The first kappa shape index (κ1) is 15.2. The Morgan fingerprint density at radius 1 is 1.40 bits per heavy atom. The Bertz CT molecular complexity index is 439. The van der Waals surface area contributed by atoms with E-state index >= 15 is 0 Å². The van der Waals surface area contributed by atoms with Crippen molar-refractivity contribution in [1.82, 2.24) is 10.2 Å². The van der Waals surface area contributed by atoms with Gasteiger partial charge in [-0.3, -0.25) is 9.59 Å². The number of carbonyl (C=O) groups is 2. The van der Waals surface area contributed by atoms with Crippen molar-refractivity contribution in [3.8, 4) is 0 Å². The first-order chi connectivity index (χ1) is 9.66. The van der Waals surface area contributed by atoms with E-state index in [1.54, 1.807) is 6.07 Å². The van der Waals surface area contributed by atoms with Crippen molar-refractivity contribution >= 4 is 23.1 Å². The monoisotopic (exact) mass is 296 g/mol. The van der Waals surface area contributed by atoms with Gasteiger partial charge in [0.25, 0.3) is 0 Å². The number of ketones is 1. The van der Waals surface area contributed by atoms with Crippen LogP contribution < -0.4 is 5.32 Å². The van der Waals surface area contributed by atoms with Crippen LogP contribution in [0.25, 0.3) is 0 Å². The number of aliphatic carboxylic acids is 1. The molecule has 2 N–H and O–H groups in total. The van der Waals surface area contributed by atoms with Gasteiger partial charge in [0.05, 0.1) is 11.3 Å². The molecule has 1 atom stereocenters. The van der Waals surface area contributed by atoms with Crippen molar-refractivity contribution in [1.29, 1.82) is 0 Å². The van der Waals surface area contributed by atoms with Crippen molar-refractivity contribution in [2.45, 2.75) is 12.8 Å². The van der Waals surface area contributed by atoms with Gasteiger partial charge in [0, 0.05) is 25.6 Å². The van der Waals surface area contributed by atoms with Crippen LogP contribution in [0.2, 0.25) is 0 Å². The summed E-state index contributed by atoms with van der Waals surface area (Å²) in [5.41, 5.74) is 0. The summed E-state index contributed by atoms with van der Waals surface area (Å²) >= 11 is 1.38.